The highest BCUT2D eigenvalue weighted by Crippen LogP contribution is 2.27. The van der Waals surface area contributed by atoms with Gasteiger partial charge in [-0.15, -0.1) is 0 Å². The van der Waals surface area contributed by atoms with Crippen molar-refractivity contribution in [3.63, 3.8) is 0 Å². The van der Waals surface area contributed by atoms with Crippen LogP contribution in [0.5, 0.6) is 5.75 Å². The van der Waals surface area contributed by atoms with E-state index >= 15 is 0 Å². The van der Waals surface area contributed by atoms with Crippen LogP contribution in [-0.2, 0) is 11.2 Å². The molecule has 1 saturated heterocycles. The zero-order valence-electron chi connectivity index (χ0n) is 17.0. The Hall–Kier alpha value is -3.15. The summed E-state index contributed by atoms with van der Waals surface area (Å²) in [6.45, 7) is 3.31. The van der Waals surface area contributed by atoms with Crippen LogP contribution in [0.4, 0.5) is 4.39 Å². The Kier molecular flexibility index (Phi) is 6.12. The number of carbonyl (C=O) groups is 1. The molecule has 2 aromatic carbocycles. The van der Waals surface area contributed by atoms with Gasteiger partial charge < -0.3 is 14.1 Å². The molecule has 1 aliphatic heterocycles. The van der Waals surface area contributed by atoms with E-state index in [1.165, 1.54) is 12.1 Å². The molecule has 0 saturated carbocycles. The van der Waals surface area contributed by atoms with E-state index < -0.39 is 0 Å². The highest BCUT2D eigenvalue weighted by atomic mass is 19.1. The van der Waals surface area contributed by atoms with Crippen molar-refractivity contribution in [3.05, 3.63) is 83.3 Å². The summed E-state index contributed by atoms with van der Waals surface area (Å²) in [5.74, 6) is 1.79. The lowest BCUT2D eigenvalue weighted by atomic mass is 9.98. The molecule has 30 heavy (non-hydrogen) atoms. The minimum absolute atomic E-state index is 0.0200. The van der Waals surface area contributed by atoms with Gasteiger partial charge in [-0.3, -0.25) is 4.79 Å². The lowest BCUT2D eigenvalue weighted by molar-refractivity contribution is -0.134. The van der Waals surface area contributed by atoms with E-state index in [0.717, 1.165) is 24.0 Å². The summed E-state index contributed by atoms with van der Waals surface area (Å²) in [6, 6.07) is 14.1. The molecule has 6 heteroatoms. The Balaban J connectivity index is 1.33. The van der Waals surface area contributed by atoms with Gasteiger partial charge in [-0.2, -0.15) is 0 Å². The Morgan fingerprint density at radius 2 is 2.10 bits per heavy atom. The van der Waals surface area contributed by atoms with Crippen LogP contribution < -0.4 is 4.74 Å². The van der Waals surface area contributed by atoms with E-state index in [1.807, 2.05) is 42.2 Å². The third kappa shape index (κ3) is 5.06. The average molecular weight is 408 g/mol. The third-order valence-electron chi connectivity index (χ3n) is 5.35. The fraction of sp³-hybridized carbons (Fsp3) is 0.333. The van der Waals surface area contributed by atoms with Gasteiger partial charge >= 0.3 is 0 Å². The number of benzene rings is 2. The Bertz CT molecular complexity index is 1000. The van der Waals surface area contributed by atoms with E-state index in [-0.39, 0.29) is 24.2 Å². The Labute approximate surface area is 175 Å². The number of piperidine rings is 1. The molecule has 0 aliphatic carbocycles. The molecule has 1 amide bonds. The summed E-state index contributed by atoms with van der Waals surface area (Å²) in [5.41, 5.74) is 1.99. The van der Waals surface area contributed by atoms with Gasteiger partial charge in [0.05, 0.1) is 12.1 Å². The van der Waals surface area contributed by atoms with E-state index in [0.29, 0.717) is 36.9 Å². The van der Waals surface area contributed by atoms with Crippen molar-refractivity contribution in [1.82, 2.24) is 9.88 Å². The van der Waals surface area contributed by atoms with Gasteiger partial charge in [-0.05, 0) is 49.6 Å². The summed E-state index contributed by atoms with van der Waals surface area (Å²) in [5, 5.41) is 0. The topological polar surface area (TPSA) is 55.6 Å². The summed E-state index contributed by atoms with van der Waals surface area (Å²) < 4.78 is 24.9. The van der Waals surface area contributed by atoms with Gasteiger partial charge in [0.25, 0.3) is 5.91 Å². The molecule has 0 spiro atoms. The summed E-state index contributed by atoms with van der Waals surface area (Å²) in [7, 11) is 0. The molecular formula is C24H25FN2O3. The third-order valence-corrected chi connectivity index (χ3v) is 5.35. The molecule has 4 rings (SSSR count). The van der Waals surface area contributed by atoms with Crippen LogP contribution in [0.15, 0.2) is 59.1 Å². The first-order valence-corrected chi connectivity index (χ1v) is 10.2. The number of aromatic nitrogens is 1. The number of ether oxygens (including phenoxy) is 1. The molecule has 5 nitrogen and oxygen atoms in total. The fourth-order valence-corrected chi connectivity index (χ4v) is 3.72. The quantitative estimate of drug-likeness (QED) is 0.603. The lowest BCUT2D eigenvalue weighted by Gasteiger charge is -2.31. The molecule has 1 aromatic heterocycles. The average Bonchev–Trinajstić information content (AvgIpc) is 3.22. The maximum absolute atomic E-state index is 13.4. The van der Waals surface area contributed by atoms with Crippen LogP contribution in [0.25, 0.3) is 0 Å². The lowest BCUT2D eigenvalue weighted by Crippen LogP contribution is -2.41. The number of rotatable bonds is 6. The number of nitrogens with zero attached hydrogens (tertiary/aromatic N) is 2. The van der Waals surface area contributed by atoms with Gasteiger partial charge in [-0.25, -0.2) is 9.37 Å². The molecule has 2 heterocycles. The highest BCUT2D eigenvalue weighted by Gasteiger charge is 2.28. The number of likely N-dealkylation sites (tertiary alicyclic amines) is 1. The van der Waals surface area contributed by atoms with Crippen molar-refractivity contribution in [3.8, 4) is 5.75 Å². The van der Waals surface area contributed by atoms with Crippen molar-refractivity contribution in [1.29, 1.82) is 0 Å². The van der Waals surface area contributed by atoms with E-state index in [9.17, 15) is 9.18 Å². The largest absolute Gasteiger partial charge is 0.484 e. The van der Waals surface area contributed by atoms with Crippen molar-refractivity contribution >= 4 is 5.91 Å². The zero-order valence-corrected chi connectivity index (χ0v) is 17.0. The molecule has 1 aliphatic rings. The van der Waals surface area contributed by atoms with Crippen LogP contribution in [-0.4, -0.2) is 35.5 Å². The number of hydrogen-bond acceptors (Lipinski definition) is 4. The number of carbonyl (C=O) groups excluding carboxylic acids is 1. The zero-order chi connectivity index (χ0) is 20.9. The maximum atomic E-state index is 13.4. The second-order valence-electron chi connectivity index (χ2n) is 7.75. The molecule has 3 aromatic rings. The van der Waals surface area contributed by atoms with Crippen LogP contribution >= 0.6 is 0 Å². The number of aryl methyl sites for hydroxylation is 1. The summed E-state index contributed by atoms with van der Waals surface area (Å²) in [4.78, 5) is 18.9. The first-order valence-electron chi connectivity index (χ1n) is 10.2. The van der Waals surface area contributed by atoms with E-state index in [1.54, 1.807) is 12.3 Å². The molecular weight excluding hydrogens is 383 g/mol. The fourth-order valence-electron chi connectivity index (χ4n) is 3.72. The van der Waals surface area contributed by atoms with Crippen molar-refractivity contribution in [2.45, 2.75) is 32.1 Å². The van der Waals surface area contributed by atoms with Gasteiger partial charge in [0.15, 0.2) is 12.5 Å². The molecule has 156 valence electrons. The molecule has 0 radical (unpaired) electrons. The van der Waals surface area contributed by atoms with Crippen LogP contribution in [0.1, 0.15) is 41.5 Å². The van der Waals surface area contributed by atoms with Crippen molar-refractivity contribution < 1.29 is 18.3 Å². The second-order valence-corrected chi connectivity index (χ2v) is 7.75. The number of oxazole rings is 1. The van der Waals surface area contributed by atoms with Crippen molar-refractivity contribution in [2.75, 3.05) is 19.7 Å². The molecule has 0 N–H and O–H groups in total. The van der Waals surface area contributed by atoms with Crippen LogP contribution in [0.2, 0.25) is 0 Å². The monoisotopic (exact) mass is 408 g/mol. The summed E-state index contributed by atoms with van der Waals surface area (Å²) in [6.07, 6.45) is 4.00. The normalized spacial score (nSPS) is 16.5. The smallest absolute Gasteiger partial charge is 0.260 e. The number of amides is 1. The minimum atomic E-state index is -0.262. The first-order chi connectivity index (χ1) is 14.6. The van der Waals surface area contributed by atoms with Gasteiger partial charge in [-0.1, -0.05) is 29.8 Å². The first kappa shape index (κ1) is 20.1. The van der Waals surface area contributed by atoms with Crippen LogP contribution in [0, 0.1) is 12.7 Å². The predicted molar refractivity (Wildman–Crippen MR) is 111 cm³/mol. The van der Waals surface area contributed by atoms with Crippen LogP contribution in [0.3, 0.4) is 0 Å². The number of hydrogen-bond donors (Lipinski definition) is 0. The SMILES string of the molecule is Cc1ccc(OCC(=O)N2CCC[C@@H](c3ncc(Cc4cccc(F)c4)o3)C2)cc1. The van der Waals surface area contributed by atoms with Gasteiger partial charge in [0.2, 0.25) is 0 Å². The predicted octanol–water partition coefficient (Wildman–Crippen LogP) is 4.50. The Morgan fingerprint density at radius 1 is 1.27 bits per heavy atom. The van der Waals surface area contributed by atoms with Crippen molar-refractivity contribution in [2.24, 2.45) is 0 Å². The highest BCUT2D eigenvalue weighted by molar-refractivity contribution is 5.78. The van der Waals surface area contributed by atoms with Gasteiger partial charge in [0.1, 0.15) is 17.3 Å². The molecule has 1 fully saturated rings. The second kappa shape index (κ2) is 9.11. The number of halogens is 1. The Morgan fingerprint density at radius 3 is 2.90 bits per heavy atom. The van der Waals surface area contributed by atoms with Gasteiger partial charge in [0, 0.05) is 19.5 Å². The molecule has 1 atom stereocenters. The maximum Gasteiger partial charge on any atom is 0.260 e. The molecule has 0 unspecified atom stereocenters. The minimum Gasteiger partial charge on any atom is -0.484 e. The van der Waals surface area contributed by atoms with E-state index in [2.05, 4.69) is 4.98 Å². The molecule has 0 bridgehead atoms. The summed E-state index contributed by atoms with van der Waals surface area (Å²) >= 11 is 0. The standard InChI is InChI=1S/C24H25FN2O3/c1-17-7-9-21(10-8-17)29-16-23(28)27-11-3-5-19(15-27)24-26-14-22(30-24)13-18-4-2-6-20(25)12-18/h2,4,6-10,12,14,19H,3,5,11,13,15-16H2,1H3/t19-/m1/s1. The van der Waals surface area contributed by atoms with E-state index in [4.69, 9.17) is 9.15 Å².